The Kier molecular flexibility index (Phi) is 3.66. The van der Waals surface area contributed by atoms with Gasteiger partial charge in [-0.1, -0.05) is 5.16 Å². The summed E-state index contributed by atoms with van der Waals surface area (Å²) in [6, 6.07) is 1.67. The summed E-state index contributed by atoms with van der Waals surface area (Å²) in [6.45, 7) is 1.83. The van der Waals surface area contributed by atoms with Gasteiger partial charge in [-0.15, -0.1) is 0 Å². The fourth-order valence-electron chi connectivity index (χ4n) is 5.67. The van der Waals surface area contributed by atoms with Gasteiger partial charge in [-0.3, -0.25) is 9.59 Å². The average molecular weight is 331 g/mol. The lowest BCUT2D eigenvalue weighted by molar-refractivity contribution is -0.157. The van der Waals surface area contributed by atoms with Crippen LogP contribution in [0.4, 0.5) is 5.82 Å². The van der Waals surface area contributed by atoms with Gasteiger partial charge >= 0.3 is 0 Å². The van der Waals surface area contributed by atoms with E-state index in [1.54, 1.807) is 24.9 Å². The van der Waals surface area contributed by atoms with Gasteiger partial charge in [0.15, 0.2) is 5.82 Å². The molecular formula is C18H25N3O3. The molecule has 4 aliphatic carbocycles. The molecule has 6 heteroatoms. The second kappa shape index (κ2) is 5.60. The summed E-state index contributed by atoms with van der Waals surface area (Å²) in [7, 11) is 1.74. The lowest BCUT2D eigenvalue weighted by Gasteiger charge is -2.56. The summed E-state index contributed by atoms with van der Waals surface area (Å²) < 4.78 is 4.94. The highest BCUT2D eigenvalue weighted by Gasteiger charge is 2.55. The summed E-state index contributed by atoms with van der Waals surface area (Å²) in [6.07, 6.45) is 6.98. The molecule has 0 unspecified atom stereocenters. The molecule has 0 aliphatic heterocycles. The van der Waals surface area contributed by atoms with Crippen LogP contribution in [0.25, 0.3) is 0 Å². The summed E-state index contributed by atoms with van der Waals surface area (Å²) in [4.78, 5) is 26.9. The molecule has 4 aliphatic rings. The van der Waals surface area contributed by atoms with E-state index in [-0.39, 0.29) is 23.8 Å². The number of amides is 2. The van der Waals surface area contributed by atoms with Crippen LogP contribution >= 0.6 is 0 Å². The smallest absolute Gasteiger partial charge is 0.245 e. The molecule has 2 amide bonds. The first-order valence-corrected chi connectivity index (χ1v) is 8.92. The van der Waals surface area contributed by atoms with Crippen molar-refractivity contribution in [3.63, 3.8) is 0 Å². The third-order valence-electron chi connectivity index (χ3n) is 6.11. The maximum absolute atomic E-state index is 13.1. The van der Waals surface area contributed by atoms with Crippen LogP contribution < -0.4 is 5.32 Å². The highest BCUT2D eigenvalue weighted by molar-refractivity contribution is 5.94. The topological polar surface area (TPSA) is 75.4 Å². The Morgan fingerprint density at radius 1 is 1.25 bits per heavy atom. The molecule has 0 saturated heterocycles. The highest BCUT2D eigenvalue weighted by atomic mass is 16.5. The van der Waals surface area contributed by atoms with E-state index in [0.717, 1.165) is 37.0 Å². The van der Waals surface area contributed by atoms with Crippen LogP contribution in [0.5, 0.6) is 0 Å². The Hall–Kier alpha value is -1.85. The molecule has 4 fully saturated rings. The largest absolute Gasteiger partial charge is 0.360 e. The number of nitrogens with one attached hydrogen (secondary N) is 1. The quantitative estimate of drug-likeness (QED) is 0.920. The molecule has 0 atom stereocenters. The first kappa shape index (κ1) is 15.7. The molecular weight excluding hydrogens is 306 g/mol. The zero-order valence-corrected chi connectivity index (χ0v) is 14.4. The van der Waals surface area contributed by atoms with Crippen molar-refractivity contribution in [3.8, 4) is 0 Å². The maximum Gasteiger partial charge on any atom is 0.245 e. The molecule has 1 N–H and O–H groups in total. The summed E-state index contributed by atoms with van der Waals surface area (Å²) >= 11 is 0. The number of aromatic nitrogens is 1. The molecule has 0 radical (unpaired) electrons. The van der Waals surface area contributed by atoms with Crippen molar-refractivity contribution in [2.24, 2.45) is 23.2 Å². The van der Waals surface area contributed by atoms with Gasteiger partial charge in [0.2, 0.25) is 11.8 Å². The van der Waals surface area contributed by atoms with Gasteiger partial charge in [-0.2, -0.15) is 0 Å². The van der Waals surface area contributed by atoms with Crippen LogP contribution in [0.1, 0.15) is 44.3 Å². The number of nitrogens with zero attached hydrogens (tertiary/aromatic N) is 2. The van der Waals surface area contributed by atoms with Crippen molar-refractivity contribution in [2.45, 2.75) is 45.4 Å². The zero-order valence-electron chi connectivity index (χ0n) is 14.4. The van der Waals surface area contributed by atoms with Gasteiger partial charge in [0.1, 0.15) is 5.76 Å². The molecule has 1 heterocycles. The Bertz CT molecular complexity index is 631. The Morgan fingerprint density at radius 2 is 1.83 bits per heavy atom. The van der Waals surface area contributed by atoms with Gasteiger partial charge in [-0.25, -0.2) is 0 Å². The molecule has 1 aromatic heterocycles. The summed E-state index contributed by atoms with van der Waals surface area (Å²) in [5, 5.41) is 6.44. The first-order valence-electron chi connectivity index (χ1n) is 8.92. The fourth-order valence-corrected chi connectivity index (χ4v) is 5.67. The van der Waals surface area contributed by atoms with Crippen LogP contribution in [0.3, 0.4) is 0 Å². The predicted octanol–water partition coefficient (Wildman–Crippen LogP) is 2.60. The number of rotatable bonds is 4. The number of carbonyl (C=O) groups excluding carboxylic acids is 2. The summed E-state index contributed by atoms with van der Waals surface area (Å²) in [5.74, 6) is 3.13. The SMILES string of the molecule is Cc1cc(NC(=O)CN(C)C(=O)C23CC4CC(CC(C4)C2)C3)no1. The number of anilines is 1. The normalized spacial score (nSPS) is 33.5. The van der Waals surface area contributed by atoms with E-state index in [4.69, 9.17) is 4.52 Å². The van der Waals surface area contributed by atoms with Crippen LogP contribution in [0.2, 0.25) is 0 Å². The van der Waals surface area contributed by atoms with Crippen molar-refractivity contribution >= 4 is 17.6 Å². The van der Waals surface area contributed by atoms with Gasteiger partial charge < -0.3 is 14.7 Å². The molecule has 4 bridgehead atoms. The number of likely N-dealkylation sites (N-methyl/N-ethyl adjacent to an activating group) is 1. The van der Waals surface area contributed by atoms with Crippen LogP contribution in [0.15, 0.2) is 10.6 Å². The minimum Gasteiger partial charge on any atom is -0.360 e. The van der Waals surface area contributed by atoms with Crippen molar-refractivity contribution in [2.75, 3.05) is 18.9 Å². The molecule has 6 nitrogen and oxygen atoms in total. The van der Waals surface area contributed by atoms with Crippen molar-refractivity contribution in [1.82, 2.24) is 10.1 Å². The van der Waals surface area contributed by atoms with Crippen molar-refractivity contribution in [1.29, 1.82) is 0 Å². The number of aryl methyl sites for hydroxylation is 1. The zero-order chi connectivity index (χ0) is 16.9. The average Bonchev–Trinajstić information content (AvgIpc) is 2.89. The van der Waals surface area contributed by atoms with E-state index < -0.39 is 0 Å². The maximum atomic E-state index is 13.1. The standard InChI is InChI=1S/C18H25N3O3/c1-11-3-15(20-24-11)19-16(22)10-21(2)17(23)18-7-12-4-13(8-18)6-14(5-12)9-18/h3,12-14H,4-10H2,1-2H3,(H,19,20,22). The number of hydrogen-bond donors (Lipinski definition) is 1. The Morgan fingerprint density at radius 3 is 2.33 bits per heavy atom. The van der Waals surface area contributed by atoms with E-state index in [1.165, 1.54) is 19.3 Å². The van der Waals surface area contributed by atoms with Gasteiger partial charge in [0, 0.05) is 13.1 Å². The van der Waals surface area contributed by atoms with Gasteiger partial charge in [0.25, 0.3) is 0 Å². The lowest BCUT2D eigenvalue weighted by Crippen LogP contribution is -2.54. The van der Waals surface area contributed by atoms with E-state index >= 15 is 0 Å². The van der Waals surface area contributed by atoms with E-state index in [9.17, 15) is 9.59 Å². The molecule has 0 spiro atoms. The van der Waals surface area contributed by atoms with Gasteiger partial charge in [-0.05, 0) is 63.2 Å². The van der Waals surface area contributed by atoms with Crippen LogP contribution in [-0.4, -0.2) is 35.5 Å². The summed E-state index contributed by atoms with van der Waals surface area (Å²) in [5.41, 5.74) is -0.200. The molecule has 4 saturated carbocycles. The third-order valence-corrected chi connectivity index (χ3v) is 6.11. The second-order valence-corrected chi connectivity index (χ2v) is 8.23. The van der Waals surface area contributed by atoms with Crippen molar-refractivity contribution < 1.29 is 14.1 Å². The van der Waals surface area contributed by atoms with Gasteiger partial charge in [0.05, 0.1) is 12.0 Å². The highest BCUT2D eigenvalue weighted by Crippen LogP contribution is 2.60. The van der Waals surface area contributed by atoms with Crippen LogP contribution in [0, 0.1) is 30.1 Å². The van der Waals surface area contributed by atoms with E-state index in [1.807, 2.05) is 0 Å². The molecule has 1 aromatic rings. The van der Waals surface area contributed by atoms with Crippen molar-refractivity contribution in [3.05, 3.63) is 11.8 Å². The third kappa shape index (κ3) is 2.72. The Labute approximate surface area is 141 Å². The number of carbonyl (C=O) groups is 2. The van der Waals surface area contributed by atoms with E-state index in [2.05, 4.69) is 10.5 Å². The molecule has 0 aromatic carbocycles. The monoisotopic (exact) mass is 331 g/mol. The number of hydrogen-bond acceptors (Lipinski definition) is 4. The second-order valence-electron chi connectivity index (χ2n) is 8.23. The Balaban J connectivity index is 1.40. The minimum atomic E-state index is -0.233. The predicted molar refractivity (Wildman–Crippen MR) is 88.1 cm³/mol. The lowest BCUT2D eigenvalue weighted by atomic mass is 9.49. The first-order chi connectivity index (χ1) is 11.4. The van der Waals surface area contributed by atoms with E-state index in [0.29, 0.717) is 11.6 Å². The fraction of sp³-hybridized carbons (Fsp3) is 0.722. The van der Waals surface area contributed by atoms with Crippen LogP contribution in [-0.2, 0) is 9.59 Å². The minimum absolute atomic E-state index is 0.0620. The molecule has 24 heavy (non-hydrogen) atoms. The molecule has 130 valence electrons. The molecule has 5 rings (SSSR count).